The summed E-state index contributed by atoms with van der Waals surface area (Å²) in [5.41, 5.74) is 1.85. The first-order valence-electron chi connectivity index (χ1n) is 9.09. The van der Waals surface area contributed by atoms with Gasteiger partial charge >= 0.3 is 0 Å². The predicted molar refractivity (Wildman–Crippen MR) is 107 cm³/mol. The van der Waals surface area contributed by atoms with E-state index in [2.05, 4.69) is 4.90 Å². The second kappa shape index (κ2) is 8.71. The largest absolute Gasteiger partial charge is 0.387 e. The normalized spacial score (nSPS) is 18.2. The lowest BCUT2D eigenvalue weighted by atomic mass is 10.1. The highest BCUT2D eigenvalue weighted by Gasteiger charge is 2.27. The van der Waals surface area contributed by atoms with E-state index >= 15 is 0 Å². The first-order valence-corrected chi connectivity index (χ1v) is 10.9. The Kier molecular flexibility index (Phi) is 6.55. The van der Waals surface area contributed by atoms with Crippen molar-refractivity contribution < 1.29 is 13.5 Å². The van der Waals surface area contributed by atoms with Gasteiger partial charge < -0.3 is 5.11 Å². The molecule has 0 aliphatic carbocycles. The Hall–Kier alpha value is -1.44. The van der Waals surface area contributed by atoms with Crippen molar-refractivity contribution in [3.8, 4) is 0 Å². The molecular weight excluding hydrogens is 384 g/mol. The Morgan fingerprint density at radius 1 is 1.00 bits per heavy atom. The summed E-state index contributed by atoms with van der Waals surface area (Å²) < 4.78 is 27.3. The van der Waals surface area contributed by atoms with Crippen molar-refractivity contribution in [2.75, 3.05) is 32.7 Å². The maximum atomic E-state index is 12.9. The van der Waals surface area contributed by atoms with Crippen molar-refractivity contribution in [3.05, 3.63) is 64.7 Å². The first-order chi connectivity index (χ1) is 12.9. The van der Waals surface area contributed by atoms with Gasteiger partial charge in [0.25, 0.3) is 0 Å². The zero-order valence-electron chi connectivity index (χ0n) is 15.4. The van der Waals surface area contributed by atoms with E-state index < -0.39 is 16.1 Å². The average molecular weight is 409 g/mol. The molecule has 0 spiro atoms. The highest BCUT2D eigenvalue weighted by Crippen LogP contribution is 2.21. The van der Waals surface area contributed by atoms with Gasteiger partial charge in [0.15, 0.2) is 0 Å². The summed E-state index contributed by atoms with van der Waals surface area (Å²) in [5, 5.41) is 11.1. The molecule has 2 aromatic carbocycles. The summed E-state index contributed by atoms with van der Waals surface area (Å²) in [6.07, 6.45) is 0.112. The van der Waals surface area contributed by atoms with Crippen molar-refractivity contribution in [1.82, 2.24) is 9.21 Å². The molecule has 0 bridgehead atoms. The van der Waals surface area contributed by atoms with Crippen molar-refractivity contribution in [2.45, 2.75) is 24.3 Å². The minimum Gasteiger partial charge on any atom is -0.387 e. The van der Waals surface area contributed by atoms with E-state index in [9.17, 15) is 13.5 Å². The lowest BCUT2D eigenvalue weighted by Crippen LogP contribution is -2.36. The quantitative estimate of drug-likeness (QED) is 0.825. The van der Waals surface area contributed by atoms with Crippen LogP contribution in [0, 0.1) is 6.92 Å². The van der Waals surface area contributed by atoms with Gasteiger partial charge in [-0.3, -0.25) is 4.90 Å². The van der Waals surface area contributed by atoms with E-state index in [4.69, 9.17) is 11.6 Å². The maximum absolute atomic E-state index is 12.9. The van der Waals surface area contributed by atoms with Gasteiger partial charge in [0.05, 0.1) is 11.0 Å². The van der Waals surface area contributed by atoms with Gasteiger partial charge in [0.2, 0.25) is 10.0 Å². The number of sulfonamides is 1. The monoisotopic (exact) mass is 408 g/mol. The molecule has 0 amide bonds. The van der Waals surface area contributed by atoms with Gasteiger partial charge in [0.1, 0.15) is 0 Å². The van der Waals surface area contributed by atoms with Crippen LogP contribution in [-0.4, -0.2) is 55.5 Å². The van der Waals surface area contributed by atoms with Crippen molar-refractivity contribution in [1.29, 1.82) is 0 Å². The summed E-state index contributed by atoms with van der Waals surface area (Å²) in [6.45, 7) is 4.67. The average Bonchev–Trinajstić information content (AvgIpc) is 2.89. The molecule has 1 aliphatic heterocycles. The molecule has 1 heterocycles. The number of aliphatic hydroxyl groups excluding tert-OH is 1. The molecule has 0 unspecified atom stereocenters. The van der Waals surface area contributed by atoms with Gasteiger partial charge in [-0.05, 0) is 49.7 Å². The van der Waals surface area contributed by atoms with Crippen molar-refractivity contribution >= 4 is 21.6 Å². The lowest BCUT2D eigenvalue weighted by molar-refractivity contribution is 0.116. The van der Waals surface area contributed by atoms with Crippen molar-refractivity contribution in [2.24, 2.45) is 0 Å². The third kappa shape index (κ3) is 5.09. The maximum Gasteiger partial charge on any atom is 0.243 e. The first kappa shape index (κ1) is 20.3. The lowest BCUT2D eigenvalue weighted by Gasteiger charge is -2.24. The molecule has 2 aromatic rings. The fraction of sp³-hybridized carbons (Fsp3) is 0.400. The Bertz CT molecular complexity index is 854. The zero-order valence-corrected chi connectivity index (χ0v) is 17.0. The topological polar surface area (TPSA) is 60.9 Å². The van der Waals surface area contributed by atoms with Crippen LogP contribution >= 0.6 is 11.6 Å². The van der Waals surface area contributed by atoms with Crippen LogP contribution < -0.4 is 0 Å². The standard InChI is InChI=1S/C20H25ClN2O3S/c1-16-3-9-19(10-4-16)27(25,26)23-12-2-11-22(13-14-23)15-20(24)17-5-7-18(21)8-6-17/h3-10,20,24H,2,11-15H2,1H3/t20-/m0/s1. The minimum atomic E-state index is -3.48. The van der Waals surface area contributed by atoms with Crippen LogP contribution in [0.15, 0.2) is 53.4 Å². The molecule has 0 radical (unpaired) electrons. The molecule has 146 valence electrons. The van der Waals surface area contributed by atoms with E-state index in [-0.39, 0.29) is 0 Å². The SMILES string of the molecule is Cc1ccc(S(=O)(=O)N2CCCN(C[C@H](O)c3ccc(Cl)cc3)CC2)cc1. The highest BCUT2D eigenvalue weighted by molar-refractivity contribution is 7.89. The number of aryl methyl sites for hydroxylation is 1. The number of aliphatic hydroxyl groups is 1. The molecule has 7 heteroatoms. The van der Waals surface area contributed by atoms with Crippen LogP contribution in [0.2, 0.25) is 5.02 Å². The summed E-state index contributed by atoms with van der Waals surface area (Å²) in [4.78, 5) is 2.45. The number of hydrogen-bond acceptors (Lipinski definition) is 4. The van der Waals surface area contributed by atoms with Crippen LogP contribution in [0.1, 0.15) is 23.7 Å². The van der Waals surface area contributed by atoms with Gasteiger partial charge in [-0.1, -0.05) is 41.4 Å². The number of hydrogen-bond donors (Lipinski definition) is 1. The zero-order chi connectivity index (χ0) is 19.4. The third-order valence-electron chi connectivity index (χ3n) is 4.89. The number of β-amino-alcohol motifs (C(OH)–C–C–N with tert-alkyl or cyclic N) is 1. The molecule has 1 fully saturated rings. The van der Waals surface area contributed by atoms with E-state index in [1.165, 1.54) is 0 Å². The Balaban J connectivity index is 1.63. The molecule has 1 N–H and O–H groups in total. The Labute approximate surface area is 166 Å². The molecule has 0 aromatic heterocycles. The van der Waals surface area contributed by atoms with E-state index in [1.807, 2.05) is 31.2 Å². The third-order valence-corrected chi connectivity index (χ3v) is 7.06. The molecule has 1 atom stereocenters. The van der Waals surface area contributed by atoms with E-state index in [0.717, 1.165) is 24.1 Å². The summed E-state index contributed by atoms with van der Waals surface area (Å²) >= 11 is 5.89. The van der Waals surface area contributed by atoms with Gasteiger partial charge in [-0.2, -0.15) is 4.31 Å². The summed E-state index contributed by atoms with van der Waals surface area (Å²) in [7, 11) is -3.48. The Morgan fingerprint density at radius 3 is 2.33 bits per heavy atom. The minimum absolute atomic E-state index is 0.336. The molecule has 1 aliphatic rings. The number of benzene rings is 2. The van der Waals surface area contributed by atoms with Crippen LogP contribution in [0.4, 0.5) is 0 Å². The number of nitrogens with zero attached hydrogens (tertiary/aromatic N) is 2. The van der Waals surface area contributed by atoms with Crippen LogP contribution in [0.5, 0.6) is 0 Å². The molecule has 27 heavy (non-hydrogen) atoms. The predicted octanol–water partition coefficient (Wildman–Crippen LogP) is 3.08. The smallest absolute Gasteiger partial charge is 0.243 e. The van der Waals surface area contributed by atoms with Crippen molar-refractivity contribution in [3.63, 3.8) is 0 Å². The molecular formula is C20H25ClN2O3S. The van der Waals surface area contributed by atoms with Gasteiger partial charge in [0, 0.05) is 31.2 Å². The second-order valence-electron chi connectivity index (χ2n) is 6.94. The van der Waals surface area contributed by atoms with E-state index in [0.29, 0.717) is 36.1 Å². The van der Waals surface area contributed by atoms with Crippen LogP contribution in [0.3, 0.4) is 0 Å². The van der Waals surface area contributed by atoms with Crippen LogP contribution in [0.25, 0.3) is 0 Å². The van der Waals surface area contributed by atoms with Gasteiger partial charge in [-0.15, -0.1) is 0 Å². The molecule has 0 saturated carbocycles. The Morgan fingerprint density at radius 2 is 1.67 bits per heavy atom. The molecule has 1 saturated heterocycles. The number of halogens is 1. The summed E-state index contributed by atoms with van der Waals surface area (Å²) in [5.74, 6) is 0. The second-order valence-corrected chi connectivity index (χ2v) is 9.31. The number of rotatable bonds is 5. The molecule has 5 nitrogen and oxygen atoms in total. The fourth-order valence-corrected chi connectivity index (χ4v) is 4.86. The summed E-state index contributed by atoms with van der Waals surface area (Å²) in [6, 6.07) is 14.1. The van der Waals surface area contributed by atoms with E-state index in [1.54, 1.807) is 28.6 Å². The molecule has 3 rings (SSSR count). The fourth-order valence-electron chi connectivity index (χ4n) is 3.26. The van der Waals surface area contributed by atoms with Gasteiger partial charge in [-0.25, -0.2) is 8.42 Å². The highest BCUT2D eigenvalue weighted by atomic mass is 35.5. The van der Waals surface area contributed by atoms with Crippen LogP contribution in [-0.2, 0) is 10.0 Å².